The van der Waals surface area contributed by atoms with Gasteiger partial charge in [-0.05, 0) is 55.2 Å². The second kappa shape index (κ2) is 11.6. The molecule has 2 aliphatic rings. The van der Waals surface area contributed by atoms with E-state index in [-0.39, 0.29) is 5.92 Å². The SMILES string of the molecule is N#CC1C=C(c2ccccc2-n2c3c(c4ccccc42)C=CC=CC3)C=C(n2c3ccccc3c3ccc4c5ccccc5sc4c32)CCC1. The van der Waals surface area contributed by atoms with Crippen LogP contribution in [0.2, 0.25) is 0 Å². The Balaban J connectivity index is 1.26. The van der Waals surface area contributed by atoms with E-state index in [1.807, 2.05) is 11.3 Å². The highest BCUT2D eigenvalue weighted by Gasteiger charge is 2.23. The number of para-hydroxylation sites is 3. The Morgan fingerprint density at radius 1 is 0.700 bits per heavy atom. The van der Waals surface area contributed by atoms with Crippen LogP contribution < -0.4 is 0 Å². The van der Waals surface area contributed by atoms with Gasteiger partial charge in [-0.1, -0.05) is 115 Å². The lowest BCUT2D eigenvalue weighted by Crippen LogP contribution is -2.07. The number of allylic oxidation sites excluding steroid dienone is 7. The van der Waals surface area contributed by atoms with Gasteiger partial charge in [-0.15, -0.1) is 11.3 Å². The summed E-state index contributed by atoms with van der Waals surface area (Å²) < 4.78 is 7.63. The van der Waals surface area contributed by atoms with E-state index in [2.05, 4.69) is 161 Å². The van der Waals surface area contributed by atoms with Crippen LogP contribution in [0.3, 0.4) is 0 Å². The molecule has 0 N–H and O–H groups in total. The number of fused-ring (bicyclic) bond motifs is 10. The summed E-state index contributed by atoms with van der Waals surface area (Å²) in [4.78, 5) is 0. The second-order valence-corrected chi connectivity index (χ2v) is 14.4. The fourth-order valence-corrected chi connectivity index (χ4v) is 9.62. The number of hydrogen-bond acceptors (Lipinski definition) is 2. The van der Waals surface area contributed by atoms with Gasteiger partial charge < -0.3 is 9.13 Å². The van der Waals surface area contributed by atoms with Crippen molar-refractivity contribution in [1.82, 2.24) is 9.13 Å². The number of rotatable bonds is 3. The van der Waals surface area contributed by atoms with E-state index in [1.54, 1.807) is 0 Å². The normalized spacial score (nSPS) is 16.3. The molecule has 0 fully saturated rings. The largest absolute Gasteiger partial charge is 0.312 e. The van der Waals surface area contributed by atoms with Crippen LogP contribution in [-0.4, -0.2) is 9.13 Å². The van der Waals surface area contributed by atoms with E-state index in [0.717, 1.165) is 42.5 Å². The zero-order valence-electron chi connectivity index (χ0n) is 27.5. The maximum Gasteiger partial charge on any atom is 0.0716 e. The van der Waals surface area contributed by atoms with Crippen molar-refractivity contribution in [3.8, 4) is 11.8 Å². The minimum Gasteiger partial charge on any atom is -0.312 e. The zero-order valence-corrected chi connectivity index (χ0v) is 28.3. The summed E-state index contributed by atoms with van der Waals surface area (Å²) in [5.41, 5.74) is 10.9. The van der Waals surface area contributed by atoms with Crippen LogP contribution >= 0.6 is 11.3 Å². The van der Waals surface area contributed by atoms with Crippen LogP contribution in [0, 0.1) is 17.2 Å². The molecule has 0 radical (unpaired) electrons. The molecule has 3 nitrogen and oxygen atoms in total. The van der Waals surface area contributed by atoms with E-state index < -0.39 is 0 Å². The van der Waals surface area contributed by atoms with Gasteiger partial charge in [0.05, 0.1) is 38.9 Å². The number of hydrogen-bond donors (Lipinski definition) is 0. The molecule has 0 saturated heterocycles. The lowest BCUT2D eigenvalue weighted by molar-refractivity contribution is 0.667. The molecule has 0 saturated carbocycles. The Labute approximate surface area is 294 Å². The third-order valence-corrected chi connectivity index (χ3v) is 11.8. The molecule has 10 rings (SSSR count). The molecule has 3 aromatic heterocycles. The maximum atomic E-state index is 10.3. The third kappa shape index (κ3) is 4.40. The number of nitrogens with zero attached hydrogens (tertiary/aromatic N) is 3. The van der Waals surface area contributed by atoms with Gasteiger partial charge in [0.15, 0.2) is 0 Å². The van der Waals surface area contributed by atoms with Crippen molar-refractivity contribution in [3.05, 3.63) is 156 Å². The van der Waals surface area contributed by atoms with E-state index in [9.17, 15) is 5.26 Å². The summed E-state index contributed by atoms with van der Waals surface area (Å²) in [6.45, 7) is 0. The van der Waals surface area contributed by atoms with Gasteiger partial charge in [-0.25, -0.2) is 0 Å². The Hall–Kier alpha value is -5.89. The molecule has 0 amide bonds. The lowest BCUT2D eigenvalue weighted by atomic mass is 9.91. The summed E-state index contributed by atoms with van der Waals surface area (Å²) in [5.74, 6) is -0.160. The first-order valence-electron chi connectivity index (χ1n) is 17.5. The van der Waals surface area contributed by atoms with Crippen molar-refractivity contribution in [2.24, 2.45) is 5.92 Å². The number of aromatic nitrogens is 2. The van der Waals surface area contributed by atoms with Gasteiger partial charge in [-0.2, -0.15) is 5.26 Å². The second-order valence-electron chi connectivity index (χ2n) is 13.4. The van der Waals surface area contributed by atoms with Crippen LogP contribution in [-0.2, 0) is 6.42 Å². The summed E-state index contributed by atoms with van der Waals surface area (Å²) in [6.07, 6.45) is 16.9. The smallest absolute Gasteiger partial charge is 0.0716 e. The quantitative estimate of drug-likeness (QED) is 0.186. The van der Waals surface area contributed by atoms with Gasteiger partial charge in [0, 0.05) is 60.6 Å². The van der Waals surface area contributed by atoms with Gasteiger partial charge in [-0.3, -0.25) is 0 Å². The summed E-state index contributed by atoms with van der Waals surface area (Å²) >= 11 is 1.89. The molecule has 50 heavy (non-hydrogen) atoms. The Morgan fingerprint density at radius 3 is 2.32 bits per heavy atom. The minimum atomic E-state index is -0.160. The molecule has 8 aromatic rings. The molecule has 2 aliphatic carbocycles. The highest BCUT2D eigenvalue weighted by atomic mass is 32.1. The van der Waals surface area contributed by atoms with Gasteiger partial charge in [0.1, 0.15) is 0 Å². The van der Waals surface area contributed by atoms with Crippen LogP contribution in [0.4, 0.5) is 0 Å². The molecule has 0 spiro atoms. The van der Waals surface area contributed by atoms with Gasteiger partial charge in [0.2, 0.25) is 0 Å². The van der Waals surface area contributed by atoms with E-state index in [4.69, 9.17) is 0 Å². The summed E-state index contributed by atoms with van der Waals surface area (Å²) in [6, 6.07) is 42.4. The average Bonchev–Trinajstić information content (AvgIpc) is 3.72. The minimum absolute atomic E-state index is 0.160. The molecular formula is C46H33N3S. The standard InChI is InChI=1S/C46H33N3S/c47-29-30-13-12-14-32(48-41-22-9-6-18-36(41)38-25-26-39-37-19-7-11-24-44(37)50-46(39)45(38)48)28-31(27-30)33-15-4-8-21-40(33)49-42-20-3-1-2-16-34(42)35-17-5-10-23-43(35)49/h1-11,15-19,21-28,30H,12-14,20H2. The zero-order chi connectivity index (χ0) is 33.2. The highest BCUT2D eigenvalue weighted by Crippen LogP contribution is 2.44. The molecule has 238 valence electrons. The lowest BCUT2D eigenvalue weighted by Gasteiger charge is -2.21. The van der Waals surface area contributed by atoms with Crippen LogP contribution in [0.15, 0.2) is 140 Å². The fourth-order valence-electron chi connectivity index (χ4n) is 8.38. The van der Waals surface area contributed by atoms with Crippen LogP contribution in [0.5, 0.6) is 0 Å². The van der Waals surface area contributed by atoms with Crippen molar-refractivity contribution in [1.29, 1.82) is 5.26 Å². The van der Waals surface area contributed by atoms with Gasteiger partial charge >= 0.3 is 0 Å². The molecule has 0 aliphatic heterocycles. The number of nitriles is 1. The fraction of sp³-hybridized carbons (Fsp3) is 0.109. The predicted octanol–water partition coefficient (Wildman–Crippen LogP) is 12.5. The monoisotopic (exact) mass is 659 g/mol. The van der Waals surface area contributed by atoms with E-state index in [0.29, 0.717) is 0 Å². The Kier molecular flexibility index (Phi) is 6.75. The molecule has 4 heteroatoms. The predicted molar refractivity (Wildman–Crippen MR) is 213 cm³/mol. The summed E-state index contributed by atoms with van der Waals surface area (Å²) in [5, 5.41) is 16.8. The Bertz CT molecular complexity index is 2840. The number of thiophene rings is 1. The molecule has 0 bridgehead atoms. The highest BCUT2D eigenvalue weighted by molar-refractivity contribution is 7.26. The molecule has 5 aromatic carbocycles. The Morgan fingerprint density at radius 2 is 1.44 bits per heavy atom. The average molecular weight is 660 g/mol. The molecular weight excluding hydrogens is 627 g/mol. The van der Waals surface area contributed by atoms with E-state index >= 15 is 0 Å². The van der Waals surface area contributed by atoms with E-state index in [1.165, 1.54) is 69.8 Å². The van der Waals surface area contributed by atoms with Crippen LogP contribution in [0.25, 0.3) is 75.9 Å². The first-order chi connectivity index (χ1) is 24.8. The maximum absolute atomic E-state index is 10.3. The van der Waals surface area contributed by atoms with Crippen LogP contribution in [0.1, 0.15) is 36.1 Å². The first kappa shape index (κ1) is 29.1. The van der Waals surface area contributed by atoms with Crippen molar-refractivity contribution < 1.29 is 0 Å². The first-order valence-corrected chi connectivity index (χ1v) is 18.3. The van der Waals surface area contributed by atoms with Crippen molar-refractivity contribution in [2.45, 2.75) is 25.7 Å². The molecule has 1 atom stereocenters. The van der Waals surface area contributed by atoms with Crippen molar-refractivity contribution >= 4 is 81.6 Å². The van der Waals surface area contributed by atoms with Crippen molar-refractivity contribution in [3.63, 3.8) is 0 Å². The van der Waals surface area contributed by atoms with Gasteiger partial charge in [0.25, 0.3) is 0 Å². The third-order valence-electron chi connectivity index (χ3n) is 10.6. The van der Waals surface area contributed by atoms with Crippen molar-refractivity contribution in [2.75, 3.05) is 0 Å². The molecule has 3 heterocycles. The summed E-state index contributed by atoms with van der Waals surface area (Å²) in [7, 11) is 0. The topological polar surface area (TPSA) is 33.6 Å². The molecule has 1 unspecified atom stereocenters. The number of benzene rings is 5.